The summed E-state index contributed by atoms with van der Waals surface area (Å²) in [5, 5.41) is 2.82. The molecule has 6 nitrogen and oxygen atoms in total. The summed E-state index contributed by atoms with van der Waals surface area (Å²) in [6.07, 6.45) is 4.33. The highest BCUT2D eigenvalue weighted by Crippen LogP contribution is 2.24. The Labute approximate surface area is 159 Å². The monoisotopic (exact) mass is 367 g/mol. The van der Waals surface area contributed by atoms with Gasteiger partial charge in [-0.15, -0.1) is 0 Å². The molecule has 0 spiro atoms. The van der Waals surface area contributed by atoms with Crippen molar-refractivity contribution in [2.45, 2.75) is 32.6 Å². The molecule has 1 aliphatic rings. The lowest BCUT2D eigenvalue weighted by molar-refractivity contribution is 0.0755. The van der Waals surface area contributed by atoms with E-state index in [9.17, 15) is 9.59 Å². The minimum atomic E-state index is -0.368. The van der Waals surface area contributed by atoms with Crippen LogP contribution in [0.25, 0.3) is 0 Å². The van der Waals surface area contributed by atoms with E-state index in [0.717, 1.165) is 38.8 Å². The predicted octanol–water partition coefficient (Wildman–Crippen LogP) is 3.75. The Morgan fingerprint density at radius 2 is 1.70 bits per heavy atom. The average Bonchev–Trinajstić information content (AvgIpc) is 2.99. The second-order valence-corrected chi connectivity index (χ2v) is 6.50. The van der Waals surface area contributed by atoms with Crippen molar-refractivity contribution < 1.29 is 14.3 Å². The van der Waals surface area contributed by atoms with Gasteiger partial charge in [0.25, 0.3) is 11.8 Å². The second-order valence-electron chi connectivity index (χ2n) is 6.50. The molecule has 1 N–H and O–H groups in total. The summed E-state index contributed by atoms with van der Waals surface area (Å²) in [6, 6.07) is 12.2. The van der Waals surface area contributed by atoms with Crippen LogP contribution < -0.4 is 10.1 Å². The van der Waals surface area contributed by atoms with Gasteiger partial charge in [-0.2, -0.15) is 0 Å². The van der Waals surface area contributed by atoms with Crippen molar-refractivity contribution in [1.82, 2.24) is 9.88 Å². The molecule has 27 heavy (non-hydrogen) atoms. The zero-order valence-electron chi connectivity index (χ0n) is 15.6. The quantitative estimate of drug-likeness (QED) is 0.874. The number of carbonyl (C=O) groups excluding carboxylic acids is 2. The molecule has 1 fully saturated rings. The molecule has 0 unspecified atom stereocenters. The molecule has 1 aliphatic heterocycles. The molecule has 0 radical (unpaired) electrons. The van der Waals surface area contributed by atoms with Crippen LogP contribution in [0.15, 0.2) is 42.5 Å². The molecule has 2 heterocycles. The summed E-state index contributed by atoms with van der Waals surface area (Å²) >= 11 is 0. The van der Waals surface area contributed by atoms with Gasteiger partial charge in [-0.3, -0.25) is 9.59 Å². The van der Waals surface area contributed by atoms with Gasteiger partial charge in [-0.25, -0.2) is 4.98 Å². The molecule has 0 atom stereocenters. The third kappa shape index (κ3) is 4.84. The molecule has 0 saturated carbocycles. The SMILES string of the molecule is CCOc1ccccc1NC(=O)c1cccc(C(=O)N2CCCCCC2)n1. The number of ether oxygens (including phenoxy) is 1. The molecular weight excluding hydrogens is 342 g/mol. The van der Waals surface area contributed by atoms with E-state index in [1.807, 2.05) is 24.0 Å². The van der Waals surface area contributed by atoms with Crippen LogP contribution in [0.5, 0.6) is 5.75 Å². The normalized spacial score (nSPS) is 14.3. The van der Waals surface area contributed by atoms with E-state index in [0.29, 0.717) is 23.7 Å². The molecular formula is C21H25N3O3. The van der Waals surface area contributed by atoms with Crippen LogP contribution in [0.4, 0.5) is 5.69 Å². The van der Waals surface area contributed by atoms with E-state index in [1.54, 1.807) is 30.3 Å². The van der Waals surface area contributed by atoms with E-state index in [2.05, 4.69) is 10.3 Å². The summed E-state index contributed by atoms with van der Waals surface area (Å²) in [5.74, 6) is 0.124. The number of nitrogens with one attached hydrogen (secondary N) is 1. The van der Waals surface area contributed by atoms with Crippen LogP contribution in [0.2, 0.25) is 0 Å². The molecule has 1 saturated heterocycles. The maximum atomic E-state index is 12.7. The van der Waals surface area contributed by atoms with Gasteiger partial charge in [0.2, 0.25) is 0 Å². The van der Waals surface area contributed by atoms with Crippen molar-refractivity contribution in [3.05, 3.63) is 53.9 Å². The van der Waals surface area contributed by atoms with Crippen molar-refractivity contribution in [3.63, 3.8) is 0 Å². The standard InChI is InChI=1S/C21H25N3O3/c1-2-27-19-13-6-5-10-16(19)23-20(25)17-11-9-12-18(22-17)21(26)24-14-7-3-4-8-15-24/h5-6,9-13H,2-4,7-8,14-15H2,1H3,(H,23,25). The molecule has 3 rings (SSSR count). The topological polar surface area (TPSA) is 71.5 Å². The van der Waals surface area contributed by atoms with Gasteiger partial charge in [0.05, 0.1) is 12.3 Å². The fraction of sp³-hybridized carbons (Fsp3) is 0.381. The summed E-state index contributed by atoms with van der Waals surface area (Å²) < 4.78 is 5.53. The number of anilines is 1. The van der Waals surface area contributed by atoms with E-state index >= 15 is 0 Å². The summed E-state index contributed by atoms with van der Waals surface area (Å²) in [5.41, 5.74) is 1.10. The van der Waals surface area contributed by atoms with Crippen molar-refractivity contribution in [3.8, 4) is 5.75 Å². The first kappa shape index (κ1) is 18.9. The highest BCUT2D eigenvalue weighted by Gasteiger charge is 2.20. The molecule has 142 valence electrons. The number of carbonyl (C=O) groups is 2. The maximum Gasteiger partial charge on any atom is 0.274 e. The Bertz CT molecular complexity index is 799. The van der Waals surface area contributed by atoms with E-state index in [-0.39, 0.29) is 17.5 Å². The lowest BCUT2D eigenvalue weighted by Crippen LogP contribution is -2.32. The number of rotatable bonds is 5. The molecule has 6 heteroatoms. The van der Waals surface area contributed by atoms with Crippen LogP contribution >= 0.6 is 0 Å². The van der Waals surface area contributed by atoms with Gasteiger partial charge in [0.15, 0.2) is 0 Å². The highest BCUT2D eigenvalue weighted by molar-refractivity contribution is 6.04. The highest BCUT2D eigenvalue weighted by atomic mass is 16.5. The van der Waals surface area contributed by atoms with Gasteiger partial charge in [0, 0.05) is 13.1 Å². The number of likely N-dealkylation sites (tertiary alicyclic amines) is 1. The lowest BCUT2D eigenvalue weighted by atomic mass is 10.2. The molecule has 2 aromatic rings. The molecule has 0 bridgehead atoms. The third-order valence-electron chi connectivity index (χ3n) is 4.53. The van der Waals surface area contributed by atoms with Crippen molar-refractivity contribution >= 4 is 17.5 Å². The number of aromatic nitrogens is 1. The Morgan fingerprint density at radius 1 is 1.00 bits per heavy atom. The number of pyridine rings is 1. The van der Waals surface area contributed by atoms with Gasteiger partial charge >= 0.3 is 0 Å². The number of benzene rings is 1. The number of amides is 2. The number of hydrogen-bond acceptors (Lipinski definition) is 4. The Morgan fingerprint density at radius 3 is 2.44 bits per heavy atom. The van der Waals surface area contributed by atoms with Gasteiger partial charge in [-0.1, -0.05) is 31.0 Å². The molecule has 2 amide bonds. The smallest absolute Gasteiger partial charge is 0.274 e. The van der Waals surface area contributed by atoms with Crippen molar-refractivity contribution in [2.75, 3.05) is 25.0 Å². The Balaban J connectivity index is 1.75. The first-order valence-electron chi connectivity index (χ1n) is 9.48. The van der Waals surface area contributed by atoms with Crippen LogP contribution in [-0.4, -0.2) is 41.4 Å². The predicted molar refractivity (Wildman–Crippen MR) is 104 cm³/mol. The lowest BCUT2D eigenvalue weighted by Gasteiger charge is -2.19. The second kappa shape index (κ2) is 9.16. The largest absolute Gasteiger partial charge is 0.492 e. The zero-order valence-corrected chi connectivity index (χ0v) is 15.6. The van der Waals surface area contributed by atoms with Gasteiger partial charge in [-0.05, 0) is 44.0 Å². The first-order chi connectivity index (χ1) is 13.2. The number of nitrogens with zero attached hydrogens (tertiary/aromatic N) is 2. The maximum absolute atomic E-state index is 12.7. The molecule has 0 aliphatic carbocycles. The number of para-hydroxylation sites is 2. The average molecular weight is 367 g/mol. The zero-order chi connectivity index (χ0) is 19.1. The van der Waals surface area contributed by atoms with Gasteiger partial charge < -0.3 is 15.0 Å². The third-order valence-corrected chi connectivity index (χ3v) is 4.53. The van der Waals surface area contributed by atoms with Crippen molar-refractivity contribution in [2.24, 2.45) is 0 Å². The molecule has 1 aromatic carbocycles. The summed E-state index contributed by atoms with van der Waals surface area (Å²) in [6.45, 7) is 3.89. The molecule has 1 aromatic heterocycles. The van der Waals surface area contributed by atoms with Crippen LogP contribution in [-0.2, 0) is 0 Å². The van der Waals surface area contributed by atoms with Crippen LogP contribution in [0.3, 0.4) is 0 Å². The Hall–Kier alpha value is -2.89. The Kier molecular flexibility index (Phi) is 6.41. The minimum absolute atomic E-state index is 0.110. The van der Waals surface area contributed by atoms with E-state index in [1.165, 1.54) is 0 Å². The van der Waals surface area contributed by atoms with E-state index < -0.39 is 0 Å². The van der Waals surface area contributed by atoms with Crippen molar-refractivity contribution in [1.29, 1.82) is 0 Å². The fourth-order valence-corrected chi connectivity index (χ4v) is 3.15. The fourth-order valence-electron chi connectivity index (χ4n) is 3.15. The van der Waals surface area contributed by atoms with Crippen LogP contribution in [0, 0.1) is 0 Å². The first-order valence-corrected chi connectivity index (χ1v) is 9.48. The van der Waals surface area contributed by atoms with Gasteiger partial charge in [0.1, 0.15) is 17.1 Å². The minimum Gasteiger partial charge on any atom is -0.492 e. The van der Waals surface area contributed by atoms with E-state index in [4.69, 9.17) is 4.74 Å². The number of hydrogen-bond donors (Lipinski definition) is 1. The van der Waals surface area contributed by atoms with Crippen LogP contribution in [0.1, 0.15) is 53.6 Å². The summed E-state index contributed by atoms with van der Waals surface area (Å²) in [7, 11) is 0. The summed E-state index contributed by atoms with van der Waals surface area (Å²) in [4.78, 5) is 31.5.